The summed E-state index contributed by atoms with van der Waals surface area (Å²) in [6.07, 6.45) is 3.38. The molecule has 0 unspecified atom stereocenters. The van der Waals surface area contributed by atoms with Gasteiger partial charge in [-0.05, 0) is 12.8 Å². The van der Waals surface area contributed by atoms with Crippen LogP contribution in [-0.2, 0) is 17.9 Å². The van der Waals surface area contributed by atoms with E-state index in [1.54, 1.807) is 10.9 Å². The van der Waals surface area contributed by atoms with Crippen LogP contribution in [0.25, 0.3) is 0 Å². The fourth-order valence-corrected chi connectivity index (χ4v) is 1.18. The molecular formula is C9H17N5O2. The summed E-state index contributed by atoms with van der Waals surface area (Å²) in [6, 6.07) is 0. The summed E-state index contributed by atoms with van der Waals surface area (Å²) in [7, 11) is 0. The maximum atomic E-state index is 10.9. The highest BCUT2D eigenvalue weighted by Gasteiger charge is 2.02. The second-order valence-electron chi connectivity index (χ2n) is 3.38. The van der Waals surface area contributed by atoms with Gasteiger partial charge in [0.25, 0.3) is 0 Å². The molecule has 0 spiro atoms. The van der Waals surface area contributed by atoms with E-state index < -0.39 is 0 Å². The number of amides is 1. The minimum Gasteiger partial charge on any atom is -0.396 e. The van der Waals surface area contributed by atoms with Crippen molar-refractivity contribution in [2.45, 2.75) is 25.9 Å². The lowest BCUT2D eigenvalue weighted by Crippen LogP contribution is -2.29. The van der Waals surface area contributed by atoms with E-state index >= 15 is 0 Å². The Labute approximate surface area is 93.6 Å². The molecular weight excluding hydrogens is 210 g/mol. The lowest BCUT2D eigenvalue weighted by atomic mass is 10.3. The number of aliphatic hydroxyl groups excluding tert-OH is 1. The molecule has 0 aliphatic heterocycles. The minimum absolute atomic E-state index is 0.0232. The number of rotatable bonds is 7. The molecule has 4 N–H and O–H groups in total. The van der Waals surface area contributed by atoms with Crippen molar-refractivity contribution in [1.29, 1.82) is 0 Å². The molecule has 0 saturated heterocycles. The summed E-state index contributed by atoms with van der Waals surface area (Å²) in [5, 5.41) is 19.0. The molecule has 0 atom stereocenters. The first-order valence-corrected chi connectivity index (χ1v) is 5.23. The lowest BCUT2D eigenvalue weighted by molar-refractivity contribution is -0.119. The van der Waals surface area contributed by atoms with Crippen molar-refractivity contribution in [3.63, 3.8) is 0 Å². The van der Waals surface area contributed by atoms with Crippen LogP contribution in [0.1, 0.15) is 18.5 Å². The van der Waals surface area contributed by atoms with E-state index in [9.17, 15) is 4.79 Å². The highest BCUT2D eigenvalue weighted by atomic mass is 16.2. The van der Waals surface area contributed by atoms with Crippen molar-refractivity contribution in [2.75, 3.05) is 13.2 Å². The van der Waals surface area contributed by atoms with Gasteiger partial charge in [0.1, 0.15) is 5.69 Å². The lowest BCUT2D eigenvalue weighted by Gasteiger charge is -1.99. The van der Waals surface area contributed by atoms with Gasteiger partial charge in [-0.25, -0.2) is 0 Å². The Morgan fingerprint density at radius 3 is 3.06 bits per heavy atom. The Morgan fingerprint density at radius 1 is 1.56 bits per heavy atom. The maximum absolute atomic E-state index is 10.9. The third-order valence-electron chi connectivity index (χ3n) is 2.03. The van der Waals surface area contributed by atoms with Crippen molar-refractivity contribution < 1.29 is 9.90 Å². The fraction of sp³-hybridized carbons (Fsp3) is 0.667. The van der Waals surface area contributed by atoms with Gasteiger partial charge in [-0.3, -0.25) is 9.48 Å². The summed E-state index contributed by atoms with van der Waals surface area (Å²) < 4.78 is 1.69. The summed E-state index contributed by atoms with van der Waals surface area (Å²) in [4.78, 5) is 10.9. The van der Waals surface area contributed by atoms with E-state index in [-0.39, 0.29) is 19.1 Å². The van der Waals surface area contributed by atoms with Gasteiger partial charge in [-0.2, -0.15) is 0 Å². The molecule has 0 bridgehead atoms. The molecule has 16 heavy (non-hydrogen) atoms. The highest BCUT2D eigenvalue weighted by molar-refractivity contribution is 5.77. The molecule has 1 rings (SSSR count). The van der Waals surface area contributed by atoms with Crippen LogP contribution >= 0.6 is 0 Å². The van der Waals surface area contributed by atoms with E-state index in [0.717, 1.165) is 19.4 Å². The molecule has 1 heterocycles. The Hall–Kier alpha value is -1.47. The zero-order chi connectivity index (χ0) is 11.8. The van der Waals surface area contributed by atoms with Gasteiger partial charge in [0.05, 0.1) is 19.3 Å². The van der Waals surface area contributed by atoms with Crippen molar-refractivity contribution in [3.8, 4) is 0 Å². The summed E-state index contributed by atoms with van der Waals surface area (Å²) in [6.45, 7) is 1.23. The van der Waals surface area contributed by atoms with Gasteiger partial charge in [0.2, 0.25) is 5.91 Å². The van der Waals surface area contributed by atoms with Crippen LogP contribution in [0.2, 0.25) is 0 Å². The number of unbranched alkanes of at least 4 members (excludes halogenated alkanes) is 1. The van der Waals surface area contributed by atoms with E-state index in [0.29, 0.717) is 12.2 Å². The van der Waals surface area contributed by atoms with Crippen LogP contribution in [-0.4, -0.2) is 39.2 Å². The average molecular weight is 227 g/mol. The number of aliphatic hydroxyl groups is 1. The maximum Gasteiger partial charge on any atom is 0.234 e. The van der Waals surface area contributed by atoms with Crippen molar-refractivity contribution in [3.05, 3.63) is 11.9 Å². The normalized spacial score (nSPS) is 10.4. The molecule has 0 aromatic carbocycles. The van der Waals surface area contributed by atoms with Crippen LogP contribution in [0, 0.1) is 0 Å². The zero-order valence-corrected chi connectivity index (χ0v) is 9.09. The first-order chi connectivity index (χ1) is 7.76. The highest BCUT2D eigenvalue weighted by Crippen LogP contribution is 1.96. The van der Waals surface area contributed by atoms with Gasteiger partial charge >= 0.3 is 0 Å². The molecule has 0 radical (unpaired) electrons. The second-order valence-corrected chi connectivity index (χ2v) is 3.38. The molecule has 7 nitrogen and oxygen atoms in total. The Bertz CT molecular complexity index is 325. The Balaban J connectivity index is 2.30. The topological polar surface area (TPSA) is 106 Å². The number of nitrogens with two attached hydrogens (primary N) is 1. The molecule has 1 aromatic rings. The summed E-state index contributed by atoms with van der Waals surface area (Å²) >= 11 is 0. The van der Waals surface area contributed by atoms with Gasteiger partial charge in [0, 0.05) is 13.2 Å². The number of hydrogen-bond acceptors (Lipinski definition) is 5. The van der Waals surface area contributed by atoms with Crippen LogP contribution in [0.4, 0.5) is 0 Å². The molecule has 90 valence electrons. The Kier molecular flexibility index (Phi) is 5.44. The van der Waals surface area contributed by atoms with E-state index in [1.165, 1.54) is 0 Å². The van der Waals surface area contributed by atoms with Crippen molar-refractivity contribution in [1.82, 2.24) is 20.3 Å². The molecule has 0 fully saturated rings. The SMILES string of the molecule is NCC(=O)NCc1cn(CCCCO)nn1. The van der Waals surface area contributed by atoms with Crippen LogP contribution in [0.5, 0.6) is 0 Å². The van der Waals surface area contributed by atoms with Crippen molar-refractivity contribution >= 4 is 5.91 Å². The van der Waals surface area contributed by atoms with E-state index in [2.05, 4.69) is 15.6 Å². The molecule has 0 aliphatic rings. The number of aromatic nitrogens is 3. The second kappa shape index (κ2) is 6.91. The smallest absolute Gasteiger partial charge is 0.234 e. The zero-order valence-electron chi connectivity index (χ0n) is 9.09. The first kappa shape index (κ1) is 12.6. The van der Waals surface area contributed by atoms with Gasteiger partial charge in [-0.1, -0.05) is 5.21 Å². The largest absolute Gasteiger partial charge is 0.396 e. The third-order valence-corrected chi connectivity index (χ3v) is 2.03. The van der Waals surface area contributed by atoms with Gasteiger partial charge in [0.15, 0.2) is 0 Å². The van der Waals surface area contributed by atoms with Crippen molar-refractivity contribution in [2.24, 2.45) is 5.73 Å². The first-order valence-electron chi connectivity index (χ1n) is 5.23. The van der Waals surface area contributed by atoms with Gasteiger partial charge < -0.3 is 16.2 Å². The number of hydrogen-bond donors (Lipinski definition) is 3. The molecule has 0 saturated carbocycles. The van der Waals surface area contributed by atoms with E-state index in [4.69, 9.17) is 10.8 Å². The number of nitrogens with one attached hydrogen (secondary N) is 1. The fourth-order valence-electron chi connectivity index (χ4n) is 1.18. The predicted molar refractivity (Wildman–Crippen MR) is 57.2 cm³/mol. The van der Waals surface area contributed by atoms with E-state index in [1.807, 2.05) is 0 Å². The number of nitrogens with zero attached hydrogens (tertiary/aromatic N) is 3. The number of carbonyl (C=O) groups excluding carboxylic acids is 1. The summed E-state index contributed by atoms with van der Waals surface area (Å²) in [5.41, 5.74) is 5.85. The van der Waals surface area contributed by atoms with Crippen LogP contribution in [0.3, 0.4) is 0 Å². The molecule has 1 amide bonds. The predicted octanol–water partition coefficient (Wildman–Crippen LogP) is -1.37. The summed E-state index contributed by atoms with van der Waals surface area (Å²) in [5.74, 6) is -0.213. The third kappa shape index (κ3) is 4.37. The molecule has 1 aromatic heterocycles. The monoisotopic (exact) mass is 227 g/mol. The number of carbonyl (C=O) groups is 1. The van der Waals surface area contributed by atoms with Crippen LogP contribution < -0.4 is 11.1 Å². The number of aryl methyl sites for hydroxylation is 1. The molecule has 0 aliphatic carbocycles. The standard InChI is InChI=1S/C9H17N5O2/c10-5-9(16)11-6-8-7-14(13-12-8)3-1-2-4-15/h7,15H,1-6,10H2,(H,11,16). The quantitative estimate of drug-likeness (QED) is 0.498. The average Bonchev–Trinajstić information content (AvgIpc) is 2.74. The minimum atomic E-state index is -0.213. The Morgan fingerprint density at radius 2 is 2.38 bits per heavy atom. The molecule has 7 heteroatoms. The van der Waals surface area contributed by atoms with Crippen LogP contribution in [0.15, 0.2) is 6.20 Å². The van der Waals surface area contributed by atoms with Gasteiger partial charge in [-0.15, -0.1) is 5.10 Å².